The summed E-state index contributed by atoms with van der Waals surface area (Å²) in [4.78, 5) is 16.9. The molecule has 1 heterocycles. The highest BCUT2D eigenvalue weighted by molar-refractivity contribution is 6.05. The average molecular weight is 389 g/mol. The van der Waals surface area contributed by atoms with Crippen LogP contribution >= 0.6 is 0 Å². The van der Waals surface area contributed by atoms with E-state index in [2.05, 4.69) is 35.5 Å². The molecule has 1 amide bonds. The van der Waals surface area contributed by atoms with Crippen LogP contribution in [0.25, 0.3) is 0 Å². The Labute approximate surface area is 172 Å². The summed E-state index contributed by atoms with van der Waals surface area (Å²) >= 11 is 0. The van der Waals surface area contributed by atoms with Crippen molar-refractivity contribution in [3.63, 3.8) is 0 Å². The maximum Gasteiger partial charge on any atom is 0.257 e. The molecule has 0 aliphatic carbocycles. The predicted molar refractivity (Wildman–Crippen MR) is 118 cm³/mol. The molecule has 3 aromatic rings. The van der Waals surface area contributed by atoms with E-state index >= 15 is 0 Å². The summed E-state index contributed by atoms with van der Waals surface area (Å²) in [6, 6.07) is 17.7. The lowest BCUT2D eigenvalue weighted by molar-refractivity contribution is 0.102. The molecule has 1 aromatic heterocycles. The fraction of sp³-hybridized carbons (Fsp3) is 0.250. The summed E-state index contributed by atoms with van der Waals surface area (Å²) in [6.45, 7) is 4.93. The molecule has 0 fully saturated rings. The van der Waals surface area contributed by atoms with Crippen LogP contribution in [-0.2, 0) is 6.42 Å². The molecule has 150 valence electrons. The second-order valence-corrected chi connectivity index (χ2v) is 7.15. The van der Waals surface area contributed by atoms with Crippen molar-refractivity contribution in [1.82, 2.24) is 4.98 Å². The van der Waals surface area contributed by atoms with E-state index in [1.165, 1.54) is 0 Å². The van der Waals surface area contributed by atoms with E-state index in [1.54, 1.807) is 19.5 Å². The number of hydrogen-bond donors (Lipinski definition) is 2. The molecule has 0 bridgehead atoms. The normalized spacial score (nSPS) is 10.6. The molecule has 0 aliphatic rings. The lowest BCUT2D eigenvalue weighted by Gasteiger charge is -2.14. The van der Waals surface area contributed by atoms with Gasteiger partial charge in [-0.05, 0) is 41.7 Å². The van der Waals surface area contributed by atoms with Crippen molar-refractivity contribution >= 4 is 17.3 Å². The maximum absolute atomic E-state index is 12.7. The number of nitrogens with zero attached hydrogens (tertiary/aromatic N) is 1. The topological polar surface area (TPSA) is 63.2 Å². The first-order valence-corrected chi connectivity index (χ1v) is 9.79. The second-order valence-electron chi connectivity index (χ2n) is 7.15. The number of hydrogen-bond acceptors (Lipinski definition) is 4. The Hall–Kier alpha value is -3.34. The van der Waals surface area contributed by atoms with E-state index < -0.39 is 0 Å². The summed E-state index contributed by atoms with van der Waals surface area (Å²) in [5, 5.41) is 6.34. The molecular formula is C24H27N3O2. The number of aromatic nitrogens is 1. The number of methoxy groups -OCH3 is 1. The largest absolute Gasteiger partial charge is 0.496 e. The number of benzene rings is 2. The van der Waals surface area contributed by atoms with Crippen LogP contribution in [0.4, 0.5) is 11.4 Å². The van der Waals surface area contributed by atoms with Crippen LogP contribution in [0, 0.1) is 0 Å². The zero-order valence-corrected chi connectivity index (χ0v) is 17.1. The van der Waals surface area contributed by atoms with E-state index in [0.29, 0.717) is 18.0 Å². The van der Waals surface area contributed by atoms with Gasteiger partial charge in [0.05, 0.1) is 18.4 Å². The Morgan fingerprint density at radius 1 is 1.07 bits per heavy atom. The fourth-order valence-corrected chi connectivity index (χ4v) is 3.22. The van der Waals surface area contributed by atoms with Gasteiger partial charge in [-0.1, -0.05) is 50.2 Å². The minimum absolute atomic E-state index is 0.168. The molecular weight excluding hydrogens is 362 g/mol. The smallest absolute Gasteiger partial charge is 0.257 e. The summed E-state index contributed by atoms with van der Waals surface area (Å²) in [5.41, 5.74) is 4.41. The minimum atomic E-state index is -0.168. The van der Waals surface area contributed by atoms with Crippen LogP contribution < -0.4 is 15.4 Å². The first-order chi connectivity index (χ1) is 14.1. The number of amides is 1. The third kappa shape index (κ3) is 5.35. The van der Waals surface area contributed by atoms with Gasteiger partial charge in [-0.3, -0.25) is 9.78 Å². The van der Waals surface area contributed by atoms with Crippen LogP contribution in [0.3, 0.4) is 0 Å². The molecule has 29 heavy (non-hydrogen) atoms. The van der Waals surface area contributed by atoms with Gasteiger partial charge in [0.15, 0.2) is 0 Å². The molecule has 0 radical (unpaired) electrons. The van der Waals surface area contributed by atoms with Crippen LogP contribution in [0.2, 0.25) is 0 Å². The number of carbonyl (C=O) groups is 1. The predicted octanol–water partition coefficient (Wildman–Crippen LogP) is 5.12. The van der Waals surface area contributed by atoms with Gasteiger partial charge in [0.25, 0.3) is 5.91 Å². The van der Waals surface area contributed by atoms with E-state index in [1.807, 2.05) is 48.5 Å². The van der Waals surface area contributed by atoms with Gasteiger partial charge in [0.1, 0.15) is 5.75 Å². The molecule has 0 unspecified atom stereocenters. The Morgan fingerprint density at radius 2 is 1.83 bits per heavy atom. The highest BCUT2D eigenvalue weighted by Crippen LogP contribution is 2.24. The highest BCUT2D eigenvalue weighted by atomic mass is 16.5. The third-order valence-electron chi connectivity index (χ3n) is 4.75. The van der Waals surface area contributed by atoms with Crippen LogP contribution in [0.1, 0.15) is 41.3 Å². The molecule has 2 N–H and O–H groups in total. The van der Waals surface area contributed by atoms with E-state index in [9.17, 15) is 4.79 Å². The van der Waals surface area contributed by atoms with E-state index in [0.717, 1.165) is 34.7 Å². The van der Waals surface area contributed by atoms with Crippen LogP contribution in [0.5, 0.6) is 5.75 Å². The molecule has 0 saturated carbocycles. The van der Waals surface area contributed by atoms with Gasteiger partial charge in [-0.15, -0.1) is 0 Å². The molecule has 0 saturated heterocycles. The van der Waals surface area contributed by atoms with Crippen molar-refractivity contribution in [2.75, 3.05) is 24.3 Å². The summed E-state index contributed by atoms with van der Waals surface area (Å²) < 4.78 is 5.39. The number of para-hydroxylation sites is 2. The van der Waals surface area contributed by atoms with Crippen molar-refractivity contribution in [3.05, 3.63) is 83.7 Å². The van der Waals surface area contributed by atoms with Gasteiger partial charge < -0.3 is 15.4 Å². The lowest BCUT2D eigenvalue weighted by Crippen LogP contribution is -2.14. The molecule has 3 rings (SSSR count). The monoisotopic (exact) mass is 389 g/mol. The summed E-state index contributed by atoms with van der Waals surface area (Å²) in [5.74, 6) is 1.04. The first-order valence-electron chi connectivity index (χ1n) is 9.79. The third-order valence-corrected chi connectivity index (χ3v) is 4.75. The zero-order chi connectivity index (χ0) is 20.6. The van der Waals surface area contributed by atoms with Crippen molar-refractivity contribution < 1.29 is 9.53 Å². The number of rotatable bonds is 8. The lowest BCUT2D eigenvalue weighted by atomic mass is 10.0. The molecule has 2 aromatic carbocycles. The number of carbonyl (C=O) groups excluding carboxylic acids is 1. The van der Waals surface area contributed by atoms with Gasteiger partial charge in [-0.25, -0.2) is 0 Å². The number of nitrogens with one attached hydrogen (secondary N) is 2. The Bertz CT molecular complexity index is 970. The van der Waals surface area contributed by atoms with Gasteiger partial charge in [-0.2, -0.15) is 0 Å². The van der Waals surface area contributed by atoms with Crippen molar-refractivity contribution in [2.24, 2.45) is 0 Å². The van der Waals surface area contributed by atoms with Crippen molar-refractivity contribution in [1.29, 1.82) is 0 Å². The van der Waals surface area contributed by atoms with E-state index in [-0.39, 0.29) is 5.91 Å². The molecule has 5 nitrogen and oxygen atoms in total. The molecule has 0 aliphatic heterocycles. The Morgan fingerprint density at radius 3 is 2.62 bits per heavy atom. The first kappa shape index (κ1) is 20.4. The number of pyridine rings is 1. The Kier molecular flexibility index (Phi) is 6.85. The minimum Gasteiger partial charge on any atom is -0.496 e. The van der Waals surface area contributed by atoms with Crippen LogP contribution in [0.15, 0.2) is 67.0 Å². The van der Waals surface area contributed by atoms with Crippen molar-refractivity contribution in [2.45, 2.75) is 26.2 Å². The van der Waals surface area contributed by atoms with Gasteiger partial charge >= 0.3 is 0 Å². The maximum atomic E-state index is 12.7. The van der Waals surface area contributed by atoms with E-state index in [4.69, 9.17) is 4.74 Å². The quantitative estimate of drug-likeness (QED) is 0.561. The zero-order valence-electron chi connectivity index (χ0n) is 17.1. The van der Waals surface area contributed by atoms with Gasteiger partial charge in [0, 0.05) is 24.6 Å². The molecule has 5 heteroatoms. The SMILES string of the molecule is COc1ccccc1CCNc1cncc(C(=O)Nc2ccccc2C(C)C)c1. The Balaban J connectivity index is 1.64. The van der Waals surface area contributed by atoms with Crippen LogP contribution in [-0.4, -0.2) is 24.5 Å². The van der Waals surface area contributed by atoms with Crippen molar-refractivity contribution in [3.8, 4) is 5.75 Å². The number of anilines is 2. The standard InChI is InChI=1S/C24H27N3O2/c1-17(2)21-9-5-6-10-22(21)27-24(28)19-14-20(16-25-15-19)26-13-12-18-8-4-7-11-23(18)29-3/h4-11,14-17,26H,12-13H2,1-3H3,(H,27,28). The van der Waals surface area contributed by atoms with Gasteiger partial charge in [0.2, 0.25) is 0 Å². The fourth-order valence-electron chi connectivity index (χ4n) is 3.22. The summed E-state index contributed by atoms with van der Waals surface area (Å²) in [6.07, 6.45) is 4.11. The average Bonchev–Trinajstić information content (AvgIpc) is 2.74. The summed E-state index contributed by atoms with van der Waals surface area (Å²) in [7, 11) is 1.68. The molecule has 0 spiro atoms. The number of ether oxygens (including phenoxy) is 1. The highest BCUT2D eigenvalue weighted by Gasteiger charge is 2.12. The molecule has 0 atom stereocenters. The second kappa shape index (κ2) is 9.73.